The fraction of sp³-hybridized carbons (Fsp3) is 0.409. The van der Waals surface area contributed by atoms with Crippen molar-refractivity contribution < 1.29 is 36.9 Å². The van der Waals surface area contributed by atoms with Crippen molar-refractivity contribution in [2.45, 2.75) is 33.5 Å². The number of hydrogen-bond donors (Lipinski definition) is 1. The number of anilines is 1. The van der Waals surface area contributed by atoms with E-state index in [0.29, 0.717) is 43.2 Å². The summed E-state index contributed by atoms with van der Waals surface area (Å²) < 4.78 is 52.9. The smallest absolute Gasteiger partial charge is 0.346 e. The average Bonchev–Trinajstić information content (AvgIpc) is 3.80. The van der Waals surface area contributed by atoms with E-state index >= 15 is 0 Å². The van der Waals surface area contributed by atoms with Crippen LogP contribution < -0.4 is 10.1 Å². The van der Waals surface area contributed by atoms with E-state index in [1.807, 2.05) is 0 Å². The summed E-state index contributed by atoms with van der Waals surface area (Å²) in [7, 11) is -3.23. The second-order valence-electron chi connectivity index (χ2n) is 8.81. The summed E-state index contributed by atoms with van der Waals surface area (Å²) >= 11 is 0. The Bertz CT molecular complexity index is 1410. The van der Waals surface area contributed by atoms with Crippen molar-refractivity contribution >= 4 is 25.1 Å². The minimum absolute atomic E-state index is 0.00599. The number of nitro groups is 1. The Morgan fingerprint density at radius 1 is 1.29 bits per heavy atom. The normalized spacial score (nSPS) is 16.3. The van der Waals surface area contributed by atoms with Crippen molar-refractivity contribution in [3.8, 4) is 5.75 Å². The molecule has 202 valence electrons. The Hall–Kier alpha value is -3.65. The molecule has 0 saturated carbocycles. The number of nitrogens with zero attached hydrogens (tertiary/aromatic N) is 5. The maximum atomic E-state index is 14.3. The van der Waals surface area contributed by atoms with Crippen LogP contribution in [-0.2, 0) is 15.7 Å². The van der Waals surface area contributed by atoms with Crippen molar-refractivity contribution in [3.63, 3.8) is 0 Å². The quantitative estimate of drug-likeness (QED) is 0.158. The predicted molar refractivity (Wildman–Crippen MR) is 128 cm³/mol. The standard InChI is InChI=1S/C22H24FN6O8P/c1-12-15(13(2)36-26-12)11-34-20-8-17(24-10-16(20)23)21(30)25-22-18(29(31)32)9-19(35-22)14(3)37-38(33,27-4-5-27)28-6-7-28/h8-10,14H,4-7,11H2,1-3H3,(H,25,30). The SMILES string of the molecule is Cc1noc(C)c1COc1cc(C(=O)Nc2oc(C(C)OP(=O)(N3CC3)N3CC3)cc2[N+](=O)[O-])ncc1F. The zero-order chi connectivity index (χ0) is 27.2. The summed E-state index contributed by atoms with van der Waals surface area (Å²) in [5.41, 5.74) is 0.399. The van der Waals surface area contributed by atoms with Gasteiger partial charge in [-0.15, -0.1) is 0 Å². The molecule has 5 heterocycles. The molecule has 0 aromatic carbocycles. The molecule has 1 N–H and O–H groups in total. The molecule has 5 rings (SSSR count). The number of nitrogens with one attached hydrogen (secondary N) is 1. The van der Waals surface area contributed by atoms with Gasteiger partial charge < -0.3 is 13.7 Å². The minimum Gasteiger partial charge on any atom is -0.485 e. The molecule has 1 unspecified atom stereocenters. The third-order valence-electron chi connectivity index (χ3n) is 6.02. The molecule has 2 fully saturated rings. The van der Waals surface area contributed by atoms with Gasteiger partial charge in [0.05, 0.1) is 28.4 Å². The van der Waals surface area contributed by atoms with Gasteiger partial charge in [-0.3, -0.25) is 29.3 Å². The lowest BCUT2D eigenvalue weighted by atomic mass is 10.2. The summed E-state index contributed by atoms with van der Waals surface area (Å²) in [6.07, 6.45) is -0.104. The summed E-state index contributed by atoms with van der Waals surface area (Å²) in [4.78, 5) is 27.5. The zero-order valence-corrected chi connectivity index (χ0v) is 21.6. The van der Waals surface area contributed by atoms with E-state index in [0.717, 1.165) is 18.3 Å². The number of aryl methyl sites for hydroxylation is 2. The number of halogens is 1. The lowest BCUT2D eigenvalue weighted by Crippen LogP contribution is -2.15. The number of furan rings is 1. The van der Waals surface area contributed by atoms with Gasteiger partial charge in [0.1, 0.15) is 29.9 Å². The van der Waals surface area contributed by atoms with Gasteiger partial charge in [-0.25, -0.2) is 18.7 Å². The molecule has 1 amide bonds. The third-order valence-corrected chi connectivity index (χ3v) is 8.84. The lowest BCUT2D eigenvalue weighted by Gasteiger charge is -2.22. The first-order chi connectivity index (χ1) is 18.1. The van der Waals surface area contributed by atoms with E-state index in [9.17, 15) is 23.9 Å². The van der Waals surface area contributed by atoms with Gasteiger partial charge in [-0.2, -0.15) is 0 Å². The molecular weight excluding hydrogens is 526 g/mol. The van der Waals surface area contributed by atoms with Gasteiger partial charge >= 0.3 is 13.4 Å². The van der Waals surface area contributed by atoms with Crippen molar-refractivity contribution in [2.75, 3.05) is 31.5 Å². The van der Waals surface area contributed by atoms with Crippen LogP contribution in [0.5, 0.6) is 5.75 Å². The van der Waals surface area contributed by atoms with E-state index < -0.39 is 42.0 Å². The Morgan fingerprint density at radius 2 is 1.97 bits per heavy atom. The van der Waals surface area contributed by atoms with E-state index in [4.69, 9.17) is 18.2 Å². The molecule has 0 bridgehead atoms. The fourth-order valence-corrected chi connectivity index (χ4v) is 6.00. The first-order valence-corrected chi connectivity index (χ1v) is 13.2. The van der Waals surface area contributed by atoms with Crippen molar-refractivity contribution in [2.24, 2.45) is 0 Å². The highest BCUT2D eigenvalue weighted by molar-refractivity contribution is 7.54. The van der Waals surface area contributed by atoms with Crippen LogP contribution in [0.1, 0.15) is 46.3 Å². The zero-order valence-electron chi connectivity index (χ0n) is 20.7. The largest absolute Gasteiger partial charge is 0.485 e. The van der Waals surface area contributed by atoms with Crippen molar-refractivity contribution in [1.29, 1.82) is 0 Å². The second-order valence-corrected chi connectivity index (χ2v) is 11.1. The number of carbonyl (C=O) groups excluding carboxylic acids is 1. The monoisotopic (exact) mass is 550 g/mol. The van der Waals surface area contributed by atoms with E-state index in [-0.39, 0.29) is 23.8 Å². The Balaban J connectivity index is 1.32. The van der Waals surface area contributed by atoms with Crippen LogP contribution in [0.2, 0.25) is 0 Å². The summed E-state index contributed by atoms with van der Waals surface area (Å²) in [6.45, 7) is 7.42. The maximum Gasteiger partial charge on any atom is 0.346 e. The van der Waals surface area contributed by atoms with E-state index in [1.54, 1.807) is 30.1 Å². The fourth-order valence-electron chi connectivity index (χ4n) is 3.67. The van der Waals surface area contributed by atoms with Crippen LogP contribution >= 0.6 is 7.67 Å². The van der Waals surface area contributed by atoms with Gasteiger partial charge in [-0.05, 0) is 20.8 Å². The van der Waals surface area contributed by atoms with Gasteiger partial charge in [0.25, 0.3) is 11.8 Å². The van der Waals surface area contributed by atoms with Crippen molar-refractivity contribution in [1.82, 2.24) is 19.5 Å². The molecule has 0 radical (unpaired) electrons. The lowest BCUT2D eigenvalue weighted by molar-refractivity contribution is -0.384. The summed E-state index contributed by atoms with van der Waals surface area (Å²) in [5, 5.41) is 17.7. The molecule has 0 spiro atoms. The van der Waals surface area contributed by atoms with Gasteiger partial charge in [0.15, 0.2) is 11.6 Å². The molecule has 2 aliphatic rings. The first kappa shape index (κ1) is 26.0. The van der Waals surface area contributed by atoms with E-state index in [2.05, 4.69) is 15.5 Å². The van der Waals surface area contributed by atoms with Gasteiger partial charge in [0.2, 0.25) is 0 Å². The number of carbonyl (C=O) groups is 1. The summed E-state index contributed by atoms with van der Waals surface area (Å²) in [6, 6.07) is 2.17. The first-order valence-electron chi connectivity index (χ1n) is 11.7. The summed E-state index contributed by atoms with van der Waals surface area (Å²) in [5.74, 6) is -1.93. The van der Waals surface area contributed by atoms with Crippen LogP contribution in [0.25, 0.3) is 0 Å². The Kier molecular flexibility index (Phi) is 6.77. The van der Waals surface area contributed by atoms with Crippen LogP contribution in [0.3, 0.4) is 0 Å². The molecule has 1 atom stereocenters. The highest BCUT2D eigenvalue weighted by Gasteiger charge is 2.50. The highest BCUT2D eigenvalue weighted by Crippen LogP contribution is 2.63. The number of amides is 1. The topological polar surface area (TPSA) is 166 Å². The number of ether oxygens (including phenoxy) is 1. The second kappa shape index (κ2) is 9.91. The highest BCUT2D eigenvalue weighted by atomic mass is 31.2. The molecule has 38 heavy (non-hydrogen) atoms. The Morgan fingerprint density at radius 3 is 2.55 bits per heavy atom. The molecular formula is C22H24FN6O8P. The number of hydrogen-bond acceptors (Lipinski definition) is 10. The van der Waals surface area contributed by atoms with Crippen LogP contribution in [0, 0.1) is 29.8 Å². The van der Waals surface area contributed by atoms with Crippen LogP contribution in [0.15, 0.2) is 27.3 Å². The molecule has 3 aromatic heterocycles. The number of rotatable bonds is 11. The molecule has 16 heteroatoms. The van der Waals surface area contributed by atoms with Crippen molar-refractivity contribution in [3.05, 3.63) is 62.7 Å². The molecule has 14 nitrogen and oxygen atoms in total. The maximum absolute atomic E-state index is 14.3. The Labute approximate surface area is 215 Å². The van der Waals surface area contributed by atoms with Gasteiger partial charge in [-0.1, -0.05) is 5.16 Å². The molecule has 2 saturated heterocycles. The van der Waals surface area contributed by atoms with Crippen LogP contribution in [0.4, 0.5) is 16.0 Å². The molecule has 2 aliphatic heterocycles. The minimum atomic E-state index is -3.23. The van der Waals surface area contributed by atoms with E-state index in [1.165, 1.54) is 0 Å². The predicted octanol–water partition coefficient (Wildman–Crippen LogP) is 3.97. The van der Waals surface area contributed by atoms with Gasteiger partial charge in [0, 0.05) is 32.2 Å². The molecule has 3 aromatic rings. The number of pyridine rings is 1. The molecule has 0 aliphatic carbocycles. The average molecular weight is 550 g/mol. The number of aromatic nitrogens is 2. The third kappa shape index (κ3) is 5.18. The van der Waals surface area contributed by atoms with Crippen LogP contribution in [-0.4, -0.2) is 56.5 Å².